The molecule has 32 heavy (non-hydrogen) atoms. The van der Waals surface area contributed by atoms with E-state index in [0.29, 0.717) is 33.5 Å². The van der Waals surface area contributed by atoms with Crippen molar-refractivity contribution in [2.45, 2.75) is 24.0 Å². The van der Waals surface area contributed by atoms with Crippen LogP contribution in [0.25, 0.3) is 22.0 Å². The average molecular weight is 451 g/mol. The van der Waals surface area contributed by atoms with E-state index in [4.69, 9.17) is 4.74 Å². The Morgan fingerprint density at radius 2 is 1.88 bits per heavy atom. The van der Waals surface area contributed by atoms with Crippen LogP contribution >= 0.6 is 0 Å². The largest absolute Gasteiger partial charge is 0.495 e. The fraction of sp³-hybridized carbons (Fsp3) is 0.174. The lowest BCUT2D eigenvalue weighted by atomic mass is 10.1. The van der Waals surface area contributed by atoms with Gasteiger partial charge in [0.1, 0.15) is 11.6 Å². The lowest BCUT2D eigenvalue weighted by Crippen LogP contribution is -2.16. The van der Waals surface area contributed by atoms with Gasteiger partial charge in [-0.1, -0.05) is 12.1 Å². The lowest BCUT2D eigenvalue weighted by Gasteiger charge is -2.16. The van der Waals surface area contributed by atoms with Gasteiger partial charge in [-0.15, -0.1) is 0 Å². The number of hydrogen-bond donors (Lipinski definition) is 2. The molecular weight excluding hydrogens is 428 g/mol. The molecule has 0 aliphatic carbocycles. The Balaban J connectivity index is 1.93. The van der Waals surface area contributed by atoms with E-state index in [0.717, 1.165) is 0 Å². The molecule has 0 spiro atoms. The molecular formula is C23H22N4O4S. The number of anilines is 2. The Kier molecular flexibility index (Phi) is 5.67. The number of rotatable bonds is 6. The van der Waals surface area contributed by atoms with Crippen molar-refractivity contribution in [1.29, 1.82) is 0 Å². The van der Waals surface area contributed by atoms with E-state index in [1.807, 2.05) is 0 Å². The van der Waals surface area contributed by atoms with Gasteiger partial charge in [0.2, 0.25) is 0 Å². The van der Waals surface area contributed by atoms with Gasteiger partial charge in [-0.2, -0.15) is 0 Å². The Morgan fingerprint density at radius 1 is 1.09 bits per heavy atom. The summed E-state index contributed by atoms with van der Waals surface area (Å²) in [5, 5.41) is 3.46. The summed E-state index contributed by atoms with van der Waals surface area (Å²) in [6.07, 6.45) is 4.78. The minimum atomic E-state index is -3.57. The molecule has 0 amide bonds. The first-order valence-corrected chi connectivity index (χ1v) is 11.5. The summed E-state index contributed by atoms with van der Waals surface area (Å²) >= 11 is 0. The molecule has 1 aromatic carbocycles. The van der Waals surface area contributed by atoms with Crippen LogP contribution in [0.5, 0.6) is 5.75 Å². The molecule has 164 valence electrons. The highest BCUT2D eigenvalue weighted by molar-refractivity contribution is 7.92. The number of pyridine rings is 3. The van der Waals surface area contributed by atoms with Crippen molar-refractivity contribution >= 4 is 32.1 Å². The van der Waals surface area contributed by atoms with E-state index >= 15 is 0 Å². The molecule has 0 unspecified atom stereocenters. The first kappa shape index (κ1) is 21.5. The highest BCUT2D eigenvalue weighted by Gasteiger charge is 2.23. The highest BCUT2D eigenvalue weighted by atomic mass is 32.2. The van der Waals surface area contributed by atoms with Gasteiger partial charge in [-0.05, 0) is 49.6 Å². The number of fused-ring (bicyclic) bond motifs is 1. The molecule has 0 bridgehead atoms. The Hall–Kier alpha value is -3.72. The number of aromatic nitrogens is 3. The van der Waals surface area contributed by atoms with Gasteiger partial charge < -0.3 is 15.0 Å². The number of nitrogens with zero attached hydrogens (tertiary/aromatic N) is 2. The summed E-state index contributed by atoms with van der Waals surface area (Å²) in [4.78, 5) is 24.3. The second-order valence-electron chi connectivity index (χ2n) is 7.46. The van der Waals surface area contributed by atoms with Gasteiger partial charge in [-0.3, -0.25) is 9.78 Å². The first-order valence-electron chi connectivity index (χ1n) is 9.93. The minimum Gasteiger partial charge on any atom is -0.495 e. The van der Waals surface area contributed by atoms with E-state index in [1.165, 1.54) is 0 Å². The summed E-state index contributed by atoms with van der Waals surface area (Å²) in [7, 11) is -2.02. The van der Waals surface area contributed by atoms with E-state index in [1.54, 1.807) is 82.0 Å². The maximum absolute atomic E-state index is 12.9. The molecule has 0 radical (unpaired) electrons. The maximum Gasteiger partial charge on any atom is 0.259 e. The Bertz CT molecular complexity index is 1460. The van der Waals surface area contributed by atoms with E-state index in [-0.39, 0.29) is 16.3 Å². The van der Waals surface area contributed by atoms with Crippen molar-refractivity contribution < 1.29 is 13.2 Å². The van der Waals surface area contributed by atoms with Crippen LogP contribution in [-0.4, -0.2) is 35.7 Å². The molecule has 9 heteroatoms. The normalized spacial score (nSPS) is 11.6. The van der Waals surface area contributed by atoms with Crippen molar-refractivity contribution in [2.24, 2.45) is 0 Å². The molecule has 0 saturated carbocycles. The molecule has 8 nitrogen and oxygen atoms in total. The number of ether oxygens (including phenoxy) is 1. The van der Waals surface area contributed by atoms with Crippen molar-refractivity contribution in [1.82, 2.24) is 15.0 Å². The molecule has 4 aromatic rings. The zero-order chi connectivity index (χ0) is 22.9. The maximum atomic E-state index is 12.9. The third kappa shape index (κ3) is 3.94. The van der Waals surface area contributed by atoms with Crippen molar-refractivity contribution in [3.05, 3.63) is 71.4 Å². The SMILES string of the molecule is COc1cncc(-c2cc3cc[nH]c(=O)c3c(Nc3ccccc3S(=O)(=O)C(C)C)n2)c1. The average Bonchev–Trinajstić information content (AvgIpc) is 2.79. The number of H-pyrrole nitrogens is 1. The second kappa shape index (κ2) is 8.43. The van der Waals surface area contributed by atoms with Crippen LogP contribution in [0.2, 0.25) is 0 Å². The van der Waals surface area contributed by atoms with Crippen LogP contribution in [0.1, 0.15) is 13.8 Å². The topological polar surface area (TPSA) is 114 Å². The van der Waals surface area contributed by atoms with E-state index in [2.05, 4.69) is 20.3 Å². The standard InChI is InChI=1S/C23H22N4O4S/c1-14(2)32(29,30)20-7-5-4-6-18(20)26-22-21-15(8-9-25-23(21)28)11-19(27-22)16-10-17(31-3)13-24-12-16/h4-14H,1-3H3,(H,25,28)(H,26,27). The summed E-state index contributed by atoms with van der Waals surface area (Å²) in [5.41, 5.74) is 1.26. The van der Waals surface area contributed by atoms with Crippen LogP contribution in [0.3, 0.4) is 0 Å². The van der Waals surface area contributed by atoms with Gasteiger partial charge in [0.25, 0.3) is 5.56 Å². The van der Waals surface area contributed by atoms with Crippen LogP contribution < -0.4 is 15.6 Å². The van der Waals surface area contributed by atoms with Gasteiger partial charge in [0, 0.05) is 18.0 Å². The van der Waals surface area contributed by atoms with Crippen LogP contribution in [0, 0.1) is 0 Å². The Labute approximate surface area is 185 Å². The van der Waals surface area contributed by atoms with Crippen LogP contribution in [-0.2, 0) is 9.84 Å². The van der Waals surface area contributed by atoms with Crippen molar-refractivity contribution in [3.8, 4) is 17.0 Å². The molecule has 3 aromatic heterocycles. The van der Waals surface area contributed by atoms with Gasteiger partial charge >= 0.3 is 0 Å². The first-order chi connectivity index (χ1) is 15.3. The number of nitrogens with one attached hydrogen (secondary N) is 2. The fourth-order valence-corrected chi connectivity index (χ4v) is 4.52. The quantitative estimate of drug-likeness (QED) is 0.458. The molecule has 0 aliphatic rings. The number of benzene rings is 1. The zero-order valence-corrected chi connectivity index (χ0v) is 18.6. The summed E-state index contributed by atoms with van der Waals surface area (Å²) in [5.74, 6) is 0.812. The number of methoxy groups -OCH3 is 1. The lowest BCUT2D eigenvalue weighted by molar-refractivity contribution is 0.413. The Morgan fingerprint density at radius 3 is 2.62 bits per heavy atom. The molecule has 0 saturated heterocycles. The fourth-order valence-electron chi connectivity index (χ4n) is 3.32. The van der Waals surface area contributed by atoms with Gasteiger partial charge in [0.05, 0.1) is 40.2 Å². The van der Waals surface area contributed by atoms with Crippen LogP contribution in [0.4, 0.5) is 11.5 Å². The highest BCUT2D eigenvalue weighted by Crippen LogP contribution is 2.32. The van der Waals surface area contributed by atoms with Crippen LogP contribution in [0.15, 0.2) is 70.7 Å². The number of hydrogen-bond acceptors (Lipinski definition) is 7. The van der Waals surface area contributed by atoms with Gasteiger partial charge in [0.15, 0.2) is 9.84 Å². The van der Waals surface area contributed by atoms with Crippen molar-refractivity contribution in [3.63, 3.8) is 0 Å². The van der Waals surface area contributed by atoms with Crippen molar-refractivity contribution in [2.75, 3.05) is 12.4 Å². The summed E-state index contributed by atoms with van der Waals surface area (Å²) < 4.78 is 31.0. The number of aromatic amines is 1. The molecule has 0 aliphatic heterocycles. The third-order valence-electron chi connectivity index (χ3n) is 5.07. The van der Waals surface area contributed by atoms with E-state index in [9.17, 15) is 13.2 Å². The minimum absolute atomic E-state index is 0.144. The predicted molar refractivity (Wildman–Crippen MR) is 124 cm³/mol. The molecule has 2 N–H and O–H groups in total. The second-order valence-corrected chi connectivity index (χ2v) is 9.93. The number of para-hydroxylation sites is 1. The smallest absolute Gasteiger partial charge is 0.259 e. The third-order valence-corrected chi connectivity index (χ3v) is 7.28. The molecule has 4 rings (SSSR count). The summed E-state index contributed by atoms with van der Waals surface area (Å²) in [6.45, 7) is 3.25. The van der Waals surface area contributed by atoms with E-state index < -0.39 is 15.1 Å². The molecule has 0 atom stereocenters. The predicted octanol–water partition coefficient (Wildman–Crippen LogP) is 3.92. The number of sulfone groups is 1. The zero-order valence-electron chi connectivity index (χ0n) is 17.8. The summed E-state index contributed by atoms with van der Waals surface area (Å²) in [6, 6.07) is 11.9. The molecule has 0 fully saturated rings. The molecule has 3 heterocycles. The van der Waals surface area contributed by atoms with Gasteiger partial charge in [-0.25, -0.2) is 13.4 Å². The monoisotopic (exact) mass is 450 g/mol.